The van der Waals surface area contributed by atoms with Crippen LogP contribution in [0.1, 0.15) is 48.0 Å². The topological polar surface area (TPSA) is 35.5 Å². The molecule has 0 amide bonds. The van der Waals surface area contributed by atoms with E-state index in [9.17, 15) is 4.79 Å². The molecule has 2 atom stereocenters. The minimum Gasteiger partial charge on any atom is -0.455 e. The second-order valence-corrected chi connectivity index (χ2v) is 6.35. The summed E-state index contributed by atoms with van der Waals surface area (Å²) < 4.78 is 11.3. The highest BCUT2D eigenvalue weighted by atomic mass is 16.5. The molecule has 0 fully saturated rings. The van der Waals surface area contributed by atoms with Crippen molar-refractivity contribution >= 4 is 5.97 Å². The normalized spacial score (nSPS) is 16.5. The molecule has 0 saturated heterocycles. The van der Waals surface area contributed by atoms with Crippen molar-refractivity contribution in [2.24, 2.45) is 0 Å². The third-order valence-corrected chi connectivity index (χ3v) is 3.74. The van der Waals surface area contributed by atoms with E-state index in [1.807, 2.05) is 58.9 Å². The van der Waals surface area contributed by atoms with Gasteiger partial charge in [0.25, 0.3) is 0 Å². The second kappa shape index (κ2) is 10.8. The Bertz CT molecular complexity index is 545. The highest BCUT2D eigenvalue weighted by Crippen LogP contribution is 2.23. The zero-order valence-corrected chi connectivity index (χ0v) is 16.2. The van der Waals surface area contributed by atoms with Gasteiger partial charge in [0.05, 0.1) is 5.60 Å². The Kier molecular flexibility index (Phi) is 9.98. The number of allylic oxidation sites excluding steroid dienone is 6. The van der Waals surface area contributed by atoms with Crippen molar-refractivity contribution in [2.75, 3.05) is 7.11 Å². The first-order valence-electron chi connectivity index (χ1n) is 8.20. The number of carbonyl (C=O) groups is 1. The lowest BCUT2D eigenvalue weighted by atomic mass is 9.96. The van der Waals surface area contributed by atoms with Crippen LogP contribution in [0, 0.1) is 0 Å². The van der Waals surface area contributed by atoms with Gasteiger partial charge in [0, 0.05) is 19.1 Å². The lowest BCUT2D eigenvalue weighted by Gasteiger charge is -2.28. The zero-order chi connectivity index (χ0) is 18.8. The summed E-state index contributed by atoms with van der Waals surface area (Å²) in [6.07, 6.45) is 11.6. The summed E-state index contributed by atoms with van der Waals surface area (Å²) in [5, 5.41) is 0. The molecule has 0 rings (SSSR count). The summed E-state index contributed by atoms with van der Waals surface area (Å²) in [7, 11) is 1.66. The molecular weight excluding hydrogens is 300 g/mol. The number of hydrogen-bond acceptors (Lipinski definition) is 3. The molecule has 0 aromatic carbocycles. The van der Waals surface area contributed by atoms with E-state index >= 15 is 0 Å². The third-order valence-electron chi connectivity index (χ3n) is 3.74. The van der Waals surface area contributed by atoms with Gasteiger partial charge in [0.2, 0.25) is 0 Å². The molecule has 3 heteroatoms. The lowest BCUT2D eigenvalue weighted by Crippen LogP contribution is -2.32. The van der Waals surface area contributed by atoms with Gasteiger partial charge in [0.15, 0.2) is 0 Å². The van der Waals surface area contributed by atoms with Gasteiger partial charge in [-0.2, -0.15) is 0 Å². The average Bonchev–Trinajstić information content (AvgIpc) is 2.52. The fourth-order valence-corrected chi connectivity index (χ4v) is 1.95. The molecule has 0 aliphatic rings. The maximum atomic E-state index is 12.1. The minimum absolute atomic E-state index is 0.301. The summed E-state index contributed by atoms with van der Waals surface area (Å²) in [4.78, 5) is 12.1. The van der Waals surface area contributed by atoms with E-state index in [4.69, 9.17) is 9.47 Å². The Morgan fingerprint density at radius 1 is 1.25 bits per heavy atom. The third kappa shape index (κ3) is 8.68. The Labute approximate surface area is 147 Å². The molecule has 3 nitrogen and oxygen atoms in total. The molecule has 0 aromatic rings. The van der Waals surface area contributed by atoms with E-state index in [-0.39, 0.29) is 12.1 Å². The van der Waals surface area contributed by atoms with Crippen LogP contribution in [0.5, 0.6) is 0 Å². The molecule has 0 saturated carbocycles. The highest BCUT2D eigenvalue weighted by molar-refractivity contribution is 5.87. The van der Waals surface area contributed by atoms with Crippen LogP contribution in [0.15, 0.2) is 59.8 Å². The fourth-order valence-electron chi connectivity index (χ4n) is 1.95. The van der Waals surface area contributed by atoms with E-state index in [2.05, 4.69) is 6.58 Å². The van der Waals surface area contributed by atoms with Crippen LogP contribution in [0.25, 0.3) is 0 Å². The van der Waals surface area contributed by atoms with Gasteiger partial charge >= 0.3 is 5.97 Å². The number of hydrogen-bond donors (Lipinski definition) is 0. The maximum absolute atomic E-state index is 12.1. The van der Waals surface area contributed by atoms with E-state index < -0.39 is 5.60 Å². The van der Waals surface area contributed by atoms with Crippen molar-refractivity contribution < 1.29 is 14.3 Å². The van der Waals surface area contributed by atoms with Gasteiger partial charge in [-0.25, -0.2) is 4.79 Å². The van der Waals surface area contributed by atoms with Crippen LogP contribution in [0.4, 0.5) is 0 Å². The molecule has 0 spiro atoms. The Balaban J connectivity index is 5.31. The molecule has 0 N–H and O–H groups in total. The highest BCUT2D eigenvalue weighted by Gasteiger charge is 2.26. The first kappa shape index (κ1) is 22.1. The fraction of sp³-hybridized carbons (Fsp3) is 0.476. The molecule has 0 bridgehead atoms. The monoisotopic (exact) mass is 332 g/mol. The van der Waals surface area contributed by atoms with Crippen LogP contribution in [-0.2, 0) is 14.3 Å². The Morgan fingerprint density at radius 2 is 1.88 bits per heavy atom. The average molecular weight is 332 g/mol. The van der Waals surface area contributed by atoms with Crippen LogP contribution >= 0.6 is 0 Å². The van der Waals surface area contributed by atoms with Crippen molar-refractivity contribution in [1.29, 1.82) is 0 Å². The summed E-state index contributed by atoms with van der Waals surface area (Å²) >= 11 is 0. The first-order valence-corrected chi connectivity index (χ1v) is 8.20. The zero-order valence-electron chi connectivity index (χ0n) is 16.2. The predicted octanol–water partition coefficient (Wildman–Crippen LogP) is 5.31. The molecule has 0 heterocycles. The van der Waals surface area contributed by atoms with Gasteiger partial charge in [-0.05, 0) is 47.6 Å². The second-order valence-electron chi connectivity index (χ2n) is 6.35. The molecule has 0 aliphatic heterocycles. The van der Waals surface area contributed by atoms with Crippen molar-refractivity contribution in [2.45, 2.75) is 59.7 Å². The summed E-state index contributed by atoms with van der Waals surface area (Å²) in [6.45, 7) is 15.2. The van der Waals surface area contributed by atoms with Crippen molar-refractivity contribution in [3.8, 4) is 0 Å². The predicted molar refractivity (Wildman–Crippen MR) is 102 cm³/mol. The number of esters is 1. The van der Waals surface area contributed by atoms with Crippen molar-refractivity contribution in [3.05, 3.63) is 59.8 Å². The first-order chi connectivity index (χ1) is 11.2. The molecule has 0 unspecified atom stereocenters. The van der Waals surface area contributed by atoms with Gasteiger partial charge in [-0.15, -0.1) is 0 Å². The van der Waals surface area contributed by atoms with E-state index in [0.29, 0.717) is 12.0 Å². The number of rotatable bonds is 9. The van der Waals surface area contributed by atoms with Crippen molar-refractivity contribution in [1.82, 2.24) is 0 Å². The van der Waals surface area contributed by atoms with Crippen LogP contribution in [-0.4, -0.2) is 24.8 Å². The van der Waals surface area contributed by atoms with Gasteiger partial charge in [-0.3, -0.25) is 0 Å². The smallest absolute Gasteiger partial charge is 0.333 e. The van der Waals surface area contributed by atoms with E-state index in [0.717, 1.165) is 11.1 Å². The molecule has 24 heavy (non-hydrogen) atoms. The Morgan fingerprint density at radius 3 is 2.33 bits per heavy atom. The molecule has 0 radical (unpaired) electrons. The summed E-state index contributed by atoms with van der Waals surface area (Å²) in [6, 6.07) is 0. The standard InChI is InChI=1S/C21H32O3/c1-9-17(5)12-11-13-21(7,23-8)15-19(14-16(3)4)24-20(22)18(6)10-2/h9-14,19H,1,15H2,2-8H3/b13-11+,17-12+,18-10-/t19-,21-/m0/s1. The van der Waals surface area contributed by atoms with Gasteiger partial charge in [0.1, 0.15) is 6.10 Å². The number of methoxy groups -OCH3 is 1. The van der Waals surface area contributed by atoms with Crippen LogP contribution in [0.2, 0.25) is 0 Å². The molecular formula is C21H32O3. The van der Waals surface area contributed by atoms with Gasteiger partial charge in [-0.1, -0.05) is 48.1 Å². The largest absolute Gasteiger partial charge is 0.455 e. The van der Waals surface area contributed by atoms with E-state index in [1.165, 1.54) is 0 Å². The summed E-state index contributed by atoms with van der Waals surface area (Å²) in [5.74, 6) is -0.301. The SMILES string of the molecule is C=C/C(C)=C/C=C/[C@@](C)(C[C@H](C=C(C)C)OC(=O)/C(C)=C\C)OC. The van der Waals surface area contributed by atoms with Crippen molar-refractivity contribution in [3.63, 3.8) is 0 Å². The quantitative estimate of drug-likeness (QED) is 0.248. The number of carbonyl (C=O) groups excluding carboxylic acids is 1. The van der Waals surface area contributed by atoms with Crippen LogP contribution < -0.4 is 0 Å². The minimum atomic E-state index is -0.543. The van der Waals surface area contributed by atoms with E-state index in [1.54, 1.807) is 26.2 Å². The van der Waals surface area contributed by atoms with Gasteiger partial charge < -0.3 is 9.47 Å². The maximum Gasteiger partial charge on any atom is 0.333 e. The summed E-state index contributed by atoms with van der Waals surface area (Å²) in [5.41, 5.74) is 2.22. The van der Waals surface area contributed by atoms with Crippen LogP contribution in [0.3, 0.4) is 0 Å². The molecule has 134 valence electrons. The number of ether oxygens (including phenoxy) is 2. The lowest BCUT2D eigenvalue weighted by molar-refractivity contribution is -0.144. The molecule has 0 aromatic heterocycles. The molecule has 0 aliphatic carbocycles. The Hall–Kier alpha value is -1.87.